The van der Waals surface area contributed by atoms with Crippen molar-refractivity contribution in [3.63, 3.8) is 0 Å². The molecule has 1 aromatic carbocycles. The van der Waals surface area contributed by atoms with E-state index in [1.807, 2.05) is 32.0 Å². The van der Waals surface area contributed by atoms with Gasteiger partial charge in [0, 0.05) is 24.1 Å². The van der Waals surface area contributed by atoms with Gasteiger partial charge in [-0.3, -0.25) is 4.79 Å². The highest BCUT2D eigenvalue weighted by Crippen LogP contribution is 2.30. The highest BCUT2D eigenvalue weighted by molar-refractivity contribution is 5.93. The minimum atomic E-state index is -0.165. The number of hydrogen-bond donors (Lipinski definition) is 2. The molecule has 2 N–H and O–H groups in total. The van der Waals surface area contributed by atoms with Crippen molar-refractivity contribution in [2.24, 2.45) is 0 Å². The normalized spacial score (nSPS) is 11.4. The number of rotatable bonds is 4. The van der Waals surface area contributed by atoms with E-state index in [4.69, 9.17) is 0 Å². The first-order valence-electron chi connectivity index (χ1n) is 7.77. The van der Waals surface area contributed by atoms with Gasteiger partial charge in [0.15, 0.2) is 0 Å². The summed E-state index contributed by atoms with van der Waals surface area (Å²) in [5.74, 6) is 0.310. The Hall–Kier alpha value is -2.43. The second kappa shape index (κ2) is 6.77. The van der Waals surface area contributed by atoms with Crippen LogP contribution in [0.3, 0.4) is 0 Å². The second-order valence-electron chi connectivity index (χ2n) is 6.84. The third-order valence-electron chi connectivity index (χ3n) is 3.32. The molecule has 0 saturated carbocycles. The monoisotopic (exact) mass is 312 g/mol. The van der Waals surface area contributed by atoms with Crippen LogP contribution in [0.5, 0.6) is 0 Å². The predicted octanol–water partition coefficient (Wildman–Crippen LogP) is 3.66. The summed E-state index contributed by atoms with van der Waals surface area (Å²) in [6.45, 7) is 10.3. The molecule has 23 heavy (non-hydrogen) atoms. The summed E-state index contributed by atoms with van der Waals surface area (Å²) >= 11 is 0. The molecule has 0 bridgehead atoms. The molecule has 0 fully saturated rings. The Morgan fingerprint density at radius 1 is 1.09 bits per heavy atom. The van der Waals surface area contributed by atoms with Crippen LogP contribution in [0.4, 0.5) is 11.6 Å². The van der Waals surface area contributed by atoms with Gasteiger partial charge in [0.1, 0.15) is 0 Å². The van der Waals surface area contributed by atoms with Gasteiger partial charge in [0.2, 0.25) is 5.95 Å². The first kappa shape index (κ1) is 16.9. The first-order chi connectivity index (χ1) is 10.8. The Bertz CT molecular complexity index is 672. The van der Waals surface area contributed by atoms with E-state index in [-0.39, 0.29) is 17.4 Å². The fraction of sp³-hybridized carbons (Fsp3) is 0.389. The number of amides is 1. The number of benzene rings is 1. The summed E-state index contributed by atoms with van der Waals surface area (Å²) in [5.41, 5.74) is 2.62. The molecule has 2 rings (SSSR count). The Morgan fingerprint density at radius 3 is 2.26 bits per heavy atom. The number of anilines is 2. The van der Waals surface area contributed by atoms with Gasteiger partial charge in [-0.15, -0.1) is 0 Å². The molecule has 5 nitrogen and oxygen atoms in total. The lowest BCUT2D eigenvalue weighted by Gasteiger charge is -2.22. The van der Waals surface area contributed by atoms with Gasteiger partial charge in [-0.1, -0.05) is 39.0 Å². The van der Waals surface area contributed by atoms with E-state index in [2.05, 4.69) is 47.4 Å². The fourth-order valence-corrected chi connectivity index (χ4v) is 2.22. The van der Waals surface area contributed by atoms with E-state index in [0.29, 0.717) is 11.5 Å². The van der Waals surface area contributed by atoms with Crippen molar-refractivity contribution in [3.8, 4) is 0 Å². The lowest BCUT2D eigenvalue weighted by molar-refractivity contribution is 0.0942. The number of nitrogens with zero attached hydrogens (tertiary/aromatic N) is 2. The molecule has 0 aliphatic carbocycles. The zero-order valence-electron chi connectivity index (χ0n) is 14.3. The molecule has 122 valence electrons. The van der Waals surface area contributed by atoms with Gasteiger partial charge >= 0.3 is 0 Å². The average Bonchev–Trinajstić information content (AvgIpc) is 2.46. The second-order valence-corrected chi connectivity index (χ2v) is 6.84. The predicted molar refractivity (Wildman–Crippen MR) is 93.1 cm³/mol. The molecule has 2 aromatic rings. The van der Waals surface area contributed by atoms with Gasteiger partial charge in [-0.2, -0.15) is 0 Å². The Kier molecular flexibility index (Phi) is 4.98. The highest BCUT2D eigenvalue weighted by Gasteiger charge is 2.18. The van der Waals surface area contributed by atoms with Crippen LogP contribution in [0.1, 0.15) is 50.5 Å². The summed E-state index contributed by atoms with van der Waals surface area (Å²) in [6.07, 6.45) is 3.07. The molecule has 0 radical (unpaired) electrons. The molecule has 5 heteroatoms. The average molecular weight is 312 g/mol. The van der Waals surface area contributed by atoms with Crippen LogP contribution in [0.15, 0.2) is 36.7 Å². The Labute approximate surface area is 137 Å². The van der Waals surface area contributed by atoms with Crippen LogP contribution >= 0.6 is 0 Å². The molecule has 1 amide bonds. The number of nitrogens with one attached hydrogen (secondary N) is 2. The molecule has 1 aromatic heterocycles. The highest BCUT2D eigenvalue weighted by atomic mass is 16.1. The number of aromatic nitrogens is 2. The van der Waals surface area contributed by atoms with Gasteiger partial charge in [0.25, 0.3) is 5.91 Å². The fourth-order valence-electron chi connectivity index (χ4n) is 2.22. The van der Waals surface area contributed by atoms with Crippen LogP contribution in [0.2, 0.25) is 0 Å². The van der Waals surface area contributed by atoms with Crippen molar-refractivity contribution in [3.05, 3.63) is 47.8 Å². The van der Waals surface area contributed by atoms with Crippen LogP contribution in [0.25, 0.3) is 0 Å². The van der Waals surface area contributed by atoms with Crippen molar-refractivity contribution in [2.75, 3.05) is 5.32 Å². The Balaban J connectivity index is 2.18. The van der Waals surface area contributed by atoms with Gasteiger partial charge in [-0.05, 0) is 30.9 Å². The van der Waals surface area contributed by atoms with Crippen molar-refractivity contribution < 1.29 is 4.79 Å². The summed E-state index contributed by atoms with van der Waals surface area (Å²) in [4.78, 5) is 20.4. The summed E-state index contributed by atoms with van der Waals surface area (Å²) in [5, 5.41) is 6.05. The largest absolute Gasteiger partial charge is 0.350 e. The molecule has 0 unspecified atom stereocenters. The van der Waals surface area contributed by atoms with Gasteiger partial charge < -0.3 is 10.6 Å². The molecular weight excluding hydrogens is 288 g/mol. The number of para-hydroxylation sites is 1. The molecule has 0 aliphatic rings. The first-order valence-corrected chi connectivity index (χ1v) is 7.77. The number of carbonyl (C=O) groups is 1. The Morgan fingerprint density at radius 2 is 1.70 bits per heavy atom. The molecule has 1 heterocycles. The minimum absolute atomic E-state index is 0.0146. The van der Waals surface area contributed by atoms with Crippen molar-refractivity contribution in [1.82, 2.24) is 15.3 Å². The van der Waals surface area contributed by atoms with Crippen molar-refractivity contribution >= 4 is 17.5 Å². The van der Waals surface area contributed by atoms with E-state index < -0.39 is 0 Å². The minimum Gasteiger partial charge on any atom is -0.350 e. The van der Waals surface area contributed by atoms with Crippen molar-refractivity contribution in [1.29, 1.82) is 0 Å². The smallest absolute Gasteiger partial charge is 0.254 e. The van der Waals surface area contributed by atoms with E-state index in [1.165, 1.54) is 18.0 Å². The van der Waals surface area contributed by atoms with Crippen LogP contribution in [-0.2, 0) is 5.41 Å². The van der Waals surface area contributed by atoms with E-state index in [1.54, 1.807) is 0 Å². The number of hydrogen-bond acceptors (Lipinski definition) is 4. The lowest BCUT2D eigenvalue weighted by Crippen LogP contribution is -2.30. The van der Waals surface area contributed by atoms with Gasteiger partial charge in [0.05, 0.1) is 5.56 Å². The number of carbonyl (C=O) groups excluding carboxylic acids is 1. The van der Waals surface area contributed by atoms with Crippen LogP contribution in [0, 0.1) is 0 Å². The SMILES string of the molecule is CC(C)NC(=O)c1cnc(Nc2ccccc2C(C)(C)C)nc1. The van der Waals surface area contributed by atoms with Gasteiger partial charge in [-0.25, -0.2) is 9.97 Å². The maximum Gasteiger partial charge on any atom is 0.254 e. The molecular formula is C18H24N4O. The summed E-state index contributed by atoms with van der Waals surface area (Å²) in [7, 11) is 0. The quantitative estimate of drug-likeness (QED) is 0.904. The zero-order valence-corrected chi connectivity index (χ0v) is 14.3. The summed E-state index contributed by atoms with van der Waals surface area (Å²) < 4.78 is 0. The molecule has 0 atom stereocenters. The maximum absolute atomic E-state index is 11.9. The van der Waals surface area contributed by atoms with E-state index in [0.717, 1.165) is 5.69 Å². The third-order valence-corrected chi connectivity index (χ3v) is 3.32. The van der Waals surface area contributed by atoms with Crippen molar-refractivity contribution in [2.45, 2.75) is 46.1 Å². The zero-order chi connectivity index (χ0) is 17.0. The standard InChI is InChI=1S/C18H24N4O/c1-12(2)21-16(23)13-10-19-17(20-11-13)22-15-9-7-6-8-14(15)18(3,4)5/h6-12H,1-5H3,(H,21,23)(H,19,20,22). The molecule has 0 saturated heterocycles. The summed E-state index contributed by atoms with van der Waals surface area (Å²) in [6, 6.07) is 8.17. The maximum atomic E-state index is 11.9. The topological polar surface area (TPSA) is 66.9 Å². The van der Waals surface area contributed by atoms with E-state index in [9.17, 15) is 4.79 Å². The van der Waals surface area contributed by atoms with Crippen LogP contribution < -0.4 is 10.6 Å². The molecule has 0 spiro atoms. The molecule has 0 aliphatic heterocycles. The lowest BCUT2D eigenvalue weighted by atomic mass is 9.86. The third kappa shape index (κ3) is 4.52. The van der Waals surface area contributed by atoms with Crippen LogP contribution in [-0.4, -0.2) is 21.9 Å². The van der Waals surface area contributed by atoms with E-state index >= 15 is 0 Å².